The van der Waals surface area contributed by atoms with E-state index in [1.54, 1.807) is 29.2 Å². The van der Waals surface area contributed by atoms with Crippen molar-refractivity contribution < 1.29 is 19.0 Å². The van der Waals surface area contributed by atoms with Crippen molar-refractivity contribution in [1.82, 2.24) is 4.90 Å². The lowest BCUT2D eigenvalue weighted by molar-refractivity contribution is 0.176. The van der Waals surface area contributed by atoms with E-state index in [1.807, 2.05) is 13.0 Å². The fourth-order valence-corrected chi connectivity index (χ4v) is 2.78. The molecule has 2 aromatic rings. The summed E-state index contributed by atoms with van der Waals surface area (Å²) in [4.78, 5) is 13.8. The van der Waals surface area contributed by atoms with E-state index in [9.17, 15) is 14.3 Å². The van der Waals surface area contributed by atoms with Crippen LogP contribution in [0.2, 0.25) is 0 Å². The number of hydrogen-bond donors (Lipinski definition) is 2. The largest absolute Gasteiger partial charge is 0.489 e. The maximum absolute atomic E-state index is 13.2. The van der Waals surface area contributed by atoms with E-state index in [4.69, 9.17) is 4.74 Å². The fourth-order valence-electron chi connectivity index (χ4n) is 2.78. The first kappa shape index (κ1) is 17.2. The SMILES string of the molecule is Cc1cc(OCc2cccc(F)c2)ccc1NC(=O)N1CC[C@@H](O)C1. The number of rotatable bonds is 4. The first-order chi connectivity index (χ1) is 12.0. The number of hydrogen-bond acceptors (Lipinski definition) is 3. The number of β-amino-alcohol motifs (C(OH)–C–C–N with tert-alkyl or cyclic N) is 1. The molecule has 3 rings (SSSR count). The van der Waals surface area contributed by atoms with Gasteiger partial charge in [0.2, 0.25) is 0 Å². The van der Waals surface area contributed by atoms with Crippen LogP contribution in [0.1, 0.15) is 17.5 Å². The zero-order valence-electron chi connectivity index (χ0n) is 14.0. The van der Waals surface area contributed by atoms with E-state index in [0.717, 1.165) is 11.1 Å². The molecule has 0 aliphatic carbocycles. The van der Waals surface area contributed by atoms with Gasteiger partial charge in [0.15, 0.2) is 0 Å². The molecule has 0 spiro atoms. The Kier molecular flexibility index (Phi) is 5.19. The van der Waals surface area contributed by atoms with Crippen LogP contribution in [0.4, 0.5) is 14.9 Å². The fraction of sp³-hybridized carbons (Fsp3) is 0.316. The normalized spacial score (nSPS) is 16.8. The minimum Gasteiger partial charge on any atom is -0.489 e. The second-order valence-corrected chi connectivity index (χ2v) is 6.21. The number of aliphatic hydroxyl groups is 1. The number of anilines is 1. The van der Waals surface area contributed by atoms with E-state index in [0.29, 0.717) is 30.9 Å². The third kappa shape index (κ3) is 4.48. The Morgan fingerprint density at radius 1 is 1.36 bits per heavy atom. The molecule has 1 heterocycles. The molecule has 0 saturated carbocycles. The Balaban J connectivity index is 1.59. The van der Waals surface area contributed by atoms with Gasteiger partial charge in [0.25, 0.3) is 0 Å². The summed E-state index contributed by atoms with van der Waals surface area (Å²) in [6.45, 7) is 3.07. The molecule has 1 aliphatic heterocycles. The first-order valence-electron chi connectivity index (χ1n) is 8.23. The molecule has 1 saturated heterocycles. The molecule has 1 atom stereocenters. The zero-order valence-corrected chi connectivity index (χ0v) is 14.0. The number of aryl methyl sites for hydroxylation is 1. The maximum atomic E-state index is 13.2. The molecule has 1 aliphatic rings. The van der Waals surface area contributed by atoms with Crippen molar-refractivity contribution in [2.45, 2.75) is 26.1 Å². The lowest BCUT2D eigenvalue weighted by Gasteiger charge is -2.18. The van der Waals surface area contributed by atoms with E-state index >= 15 is 0 Å². The Bertz CT molecular complexity index is 766. The topological polar surface area (TPSA) is 61.8 Å². The Morgan fingerprint density at radius 2 is 2.20 bits per heavy atom. The molecule has 2 aromatic carbocycles. The summed E-state index contributed by atoms with van der Waals surface area (Å²) in [5, 5.41) is 12.4. The van der Waals surface area contributed by atoms with Crippen LogP contribution in [-0.2, 0) is 6.61 Å². The predicted molar refractivity (Wildman–Crippen MR) is 93.1 cm³/mol. The molecular formula is C19H21FN2O3. The minimum absolute atomic E-state index is 0.215. The van der Waals surface area contributed by atoms with Crippen LogP contribution in [0, 0.1) is 12.7 Å². The van der Waals surface area contributed by atoms with Crippen LogP contribution in [0.5, 0.6) is 5.75 Å². The molecule has 1 fully saturated rings. The average molecular weight is 344 g/mol. The van der Waals surface area contributed by atoms with Gasteiger partial charge < -0.3 is 20.1 Å². The molecule has 0 bridgehead atoms. The number of carbonyl (C=O) groups excluding carboxylic acids is 1. The smallest absolute Gasteiger partial charge is 0.321 e. The second kappa shape index (κ2) is 7.53. The highest BCUT2D eigenvalue weighted by Crippen LogP contribution is 2.23. The summed E-state index contributed by atoms with van der Waals surface area (Å²) in [7, 11) is 0. The highest BCUT2D eigenvalue weighted by molar-refractivity contribution is 5.90. The number of benzene rings is 2. The van der Waals surface area contributed by atoms with Crippen molar-refractivity contribution >= 4 is 11.7 Å². The van der Waals surface area contributed by atoms with Crippen LogP contribution in [0.15, 0.2) is 42.5 Å². The average Bonchev–Trinajstić information content (AvgIpc) is 3.02. The Labute approximate surface area is 146 Å². The Hall–Kier alpha value is -2.60. The van der Waals surface area contributed by atoms with E-state index in [1.165, 1.54) is 12.1 Å². The van der Waals surface area contributed by atoms with Gasteiger partial charge in [0.1, 0.15) is 18.2 Å². The van der Waals surface area contributed by atoms with Gasteiger partial charge >= 0.3 is 6.03 Å². The number of urea groups is 1. The zero-order chi connectivity index (χ0) is 17.8. The maximum Gasteiger partial charge on any atom is 0.321 e. The minimum atomic E-state index is -0.439. The summed E-state index contributed by atoms with van der Waals surface area (Å²) >= 11 is 0. The van der Waals surface area contributed by atoms with Crippen LogP contribution >= 0.6 is 0 Å². The lowest BCUT2D eigenvalue weighted by atomic mass is 10.2. The van der Waals surface area contributed by atoms with Crippen molar-refractivity contribution in [1.29, 1.82) is 0 Å². The molecular weight excluding hydrogens is 323 g/mol. The number of likely N-dealkylation sites (tertiary alicyclic amines) is 1. The van der Waals surface area contributed by atoms with E-state index < -0.39 is 6.10 Å². The highest BCUT2D eigenvalue weighted by Gasteiger charge is 2.24. The first-order valence-corrected chi connectivity index (χ1v) is 8.23. The summed E-state index contributed by atoms with van der Waals surface area (Å²) in [5.74, 6) is 0.360. The molecule has 5 nitrogen and oxygen atoms in total. The van der Waals surface area contributed by atoms with Crippen molar-refractivity contribution in [3.05, 3.63) is 59.4 Å². The molecule has 6 heteroatoms. The third-order valence-electron chi connectivity index (χ3n) is 4.18. The quantitative estimate of drug-likeness (QED) is 0.894. The number of ether oxygens (including phenoxy) is 1. The second-order valence-electron chi connectivity index (χ2n) is 6.21. The summed E-state index contributed by atoms with van der Waals surface area (Å²) < 4.78 is 18.8. The van der Waals surface area contributed by atoms with Crippen LogP contribution < -0.4 is 10.1 Å². The van der Waals surface area contributed by atoms with Gasteiger partial charge in [-0.1, -0.05) is 12.1 Å². The molecule has 25 heavy (non-hydrogen) atoms. The highest BCUT2D eigenvalue weighted by atomic mass is 19.1. The van der Waals surface area contributed by atoms with E-state index in [-0.39, 0.29) is 18.5 Å². The van der Waals surface area contributed by atoms with Crippen molar-refractivity contribution in [2.24, 2.45) is 0 Å². The van der Waals surface area contributed by atoms with Crippen molar-refractivity contribution in [2.75, 3.05) is 18.4 Å². The lowest BCUT2D eigenvalue weighted by Crippen LogP contribution is -2.33. The van der Waals surface area contributed by atoms with E-state index in [2.05, 4.69) is 5.32 Å². The molecule has 0 aromatic heterocycles. The van der Waals surface area contributed by atoms with Crippen LogP contribution in [-0.4, -0.2) is 35.2 Å². The molecule has 0 unspecified atom stereocenters. The number of amides is 2. The number of aliphatic hydroxyl groups excluding tert-OH is 1. The van der Waals surface area contributed by atoms with Gasteiger partial charge in [-0.05, 0) is 54.8 Å². The van der Waals surface area contributed by atoms with Gasteiger partial charge in [-0.2, -0.15) is 0 Å². The number of carbonyl (C=O) groups is 1. The Morgan fingerprint density at radius 3 is 2.88 bits per heavy atom. The summed E-state index contributed by atoms with van der Waals surface area (Å²) in [6.07, 6.45) is 0.171. The van der Waals surface area contributed by atoms with Gasteiger partial charge in [0.05, 0.1) is 6.10 Å². The molecule has 2 amide bonds. The third-order valence-corrected chi connectivity index (χ3v) is 4.18. The summed E-state index contributed by atoms with van der Waals surface area (Å²) in [5.41, 5.74) is 2.32. The van der Waals surface area contributed by atoms with Crippen molar-refractivity contribution in [3.8, 4) is 5.75 Å². The standard InChI is InChI=1S/C19H21FN2O3/c1-13-9-17(25-12-14-3-2-4-15(20)10-14)5-6-18(13)21-19(24)22-8-7-16(23)11-22/h2-6,9-10,16,23H,7-8,11-12H2,1H3,(H,21,24)/t16-/m1/s1. The van der Waals surface area contributed by atoms with Crippen molar-refractivity contribution in [3.63, 3.8) is 0 Å². The van der Waals surface area contributed by atoms with Gasteiger partial charge in [0, 0.05) is 18.8 Å². The van der Waals surface area contributed by atoms with Gasteiger partial charge in [-0.15, -0.1) is 0 Å². The predicted octanol–water partition coefficient (Wildman–Crippen LogP) is 3.31. The number of halogens is 1. The molecule has 2 N–H and O–H groups in total. The monoisotopic (exact) mass is 344 g/mol. The van der Waals surface area contributed by atoms with Crippen LogP contribution in [0.3, 0.4) is 0 Å². The number of nitrogens with zero attached hydrogens (tertiary/aromatic N) is 1. The van der Waals surface area contributed by atoms with Crippen LogP contribution in [0.25, 0.3) is 0 Å². The molecule has 0 radical (unpaired) electrons. The summed E-state index contributed by atoms with van der Waals surface area (Å²) in [6, 6.07) is 11.4. The van der Waals surface area contributed by atoms with Gasteiger partial charge in [-0.3, -0.25) is 0 Å². The van der Waals surface area contributed by atoms with Gasteiger partial charge in [-0.25, -0.2) is 9.18 Å². The molecule has 132 valence electrons. The number of nitrogens with one attached hydrogen (secondary N) is 1.